The van der Waals surface area contributed by atoms with Crippen LogP contribution < -0.4 is 5.32 Å². The molecule has 1 fully saturated rings. The number of nitrogens with one attached hydrogen (secondary N) is 1. The maximum atomic E-state index is 3.42. The van der Waals surface area contributed by atoms with Crippen molar-refractivity contribution in [3.05, 3.63) is 0 Å². The molecule has 1 saturated carbocycles. The van der Waals surface area contributed by atoms with Gasteiger partial charge in [-0.15, -0.1) is 0 Å². The molecular formula is C11H23NS. The van der Waals surface area contributed by atoms with Gasteiger partial charge >= 0.3 is 0 Å². The summed E-state index contributed by atoms with van der Waals surface area (Å²) in [5, 5.41) is 3.42. The van der Waals surface area contributed by atoms with Crippen LogP contribution in [0.15, 0.2) is 0 Å². The molecule has 0 amide bonds. The highest BCUT2D eigenvalue weighted by Gasteiger charge is 2.21. The maximum Gasteiger partial charge on any atom is 0.0155 e. The van der Waals surface area contributed by atoms with E-state index >= 15 is 0 Å². The van der Waals surface area contributed by atoms with E-state index in [4.69, 9.17) is 0 Å². The van der Waals surface area contributed by atoms with Crippen molar-refractivity contribution in [1.29, 1.82) is 0 Å². The fourth-order valence-corrected chi connectivity index (χ4v) is 2.60. The second-order valence-electron chi connectivity index (χ2n) is 4.08. The van der Waals surface area contributed by atoms with Gasteiger partial charge in [-0.3, -0.25) is 0 Å². The van der Waals surface area contributed by atoms with Gasteiger partial charge in [0.05, 0.1) is 0 Å². The van der Waals surface area contributed by atoms with E-state index in [1.165, 1.54) is 43.6 Å². The van der Waals surface area contributed by atoms with Gasteiger partial charge in [-0.05, 0) is 38.0 Å². The third-order valence-corrected chi connectivity index (χ3v) is 4.03. The number of hydrogen-bond donors (Lipinski definition) is 1. The summed E-state index contributed by atoms with van der Waals surface area (Å²) in [6.45, 7) is 2.26. The van der Waals surface area contributed by atoms with Gasteiger partial charge in [-0.25, -0.2) is 0 Å². The van der Waals surface area contributed by atoms with Crippen LogP contribution in [0.3, 0.4) is 0 Å². The fraction of sp³-hybridized carbons (Fsp3) is 1.00. The van der Waals surface area contributed by atoms with Crippen LogP contribution in [-0.4, -0.2) is 24.6 Å². The van der Waals surface area contributed by atoms with Crippen LogP contribution in [0.25, 0.3) is 0 Å². The summed E-state index contributed by atoms with van der Waals surface area (Å²) in [4.78, 5) is 0. The molecule has 1 aliphatic carbocycles. The molecule has 1 rings (SSSR count). The van der Waals surface area contributed by atoms with Crippen molar-refractivity contribution in [1.82, 2.24) is 5.32 Å². The van der Waals surface area contributed by atoms with Crippen molar-refractivity contribution in [2.24, 2.45) is 5.92 Å². The Labute approximate surface area is 87.1 Å². The highest BCUT2D eigenvalue weighted by atomic mass is 32.2. The highest BCUT2D eigenvalue weighted by Crippen LogP contribution is 2.34. The summed E-state index contributed by atoms with van der Waals surface area (Å²) in [7, 11) is 2.10. The summed E-state index contributed by atoms with van der Waals surface area (Å²) < 4.78 is 0. The van der Waals surface area contributed by atoms with Crippen LogP contribution in [0.5, 0.6) is 0 Å². The molecule has 0 bridgehead atoms. The SMILES string of the molecule is CCCSCC(CCC1CC1)NC. The monoisotopic (exact) mass is 201 g/mol. The predicted molar refractivity (Wildman–Crippen MR) is 62.4 cm³/mol. The van der Waals surface area contributed by atoms with Crippen LogP contribution in [0.2, 0.25) is 0 Å². The Morgan fingerprint density at radius 2 is 2.23 bits per heavy atom. The molecule has 78 valence electrons. The van der Waals surface area contributed by atoms with Crippen LogP contribution in [0, 0.1) is 5.92 Å². The normalized spacial score (nSPS) is 18.9. The molecule has 2 heteroatoms. The largest absolute Gasteiger partial charge is 0.316 e. The average Bonchev–Trinajstić information content (AvgIpc) is 2.94. The standard InChI is InChI=1S/C11H23NS/c1-3-8-13-9-11(12-2)7-6-10-4-5-10/h10-12H,3-9H2,1-2H3. The molecular weight excluding hydrogens is 178 g/mol. The first-order valence-electron chi connectivity index (χ1n) is 5.61. The zero-order valence-electron chi connectivity index (χ0n) is 9.01. The topological polar surface area (TPSA) is 12.0 Å². The van der Waals surface area contributed by atoms with Gasteiger partial charge in [0.25, 0.3) is 0 Å². The lowest BCUT2D eigenvalue weighted by Gasteiger charge is -2.15. The van der Waals surface area contributed by atoms with E-state index in [2.05, 4.69) is 31.1 Å². The van der Waals surface area contributed by atoms with Crippen molar-refractivity contribution in [3.63, 3.8) is 0 Å². The van der Waals surface area contributed by atoms with Crippen molar-refractivity contribution >= 4 is 11.8 Å². The Kier molecular flexibility index (Phi) is 5.88. The fourth-order valence-electron chi connectivity index (χ4n) is 1.52. The predicted octanol–water partition coefficient (Wildman–Crippen LogP) is 2.91. The summed E-state index contributed by atoms with van der Waals surface area (Å²) in [6.07, 6.45) is 7.15. The number of rotatable bonds is 8. The molecule has 0 aromatic rings. The third-order valence-electron chi connectivity index (χ3n) is 2.70. The van der Waals surface area contributed by atoms with Crippen molar-refractivity contribution in [3.8, 4) is 0 Å². The molecule has 1 aliphatic rings. The van der Waals surface area contributed by atoms with E-state index in [1.807, 2.05) is 0 Å². The highest BCUT2D eigenvalue weighted by molar-refractivity contribution is 7.99. The Hall–Kier alpha value is 0.310. The maximum absolute atomic E-state index is 3.42. The lowest BCUT2D eigenvalue weighted by atomic mass is 10.1. The lowest BCUT2D eigenvalue weighted by Crippen LogP contribution is -2.27. The van der Waals surface area contributed by atoms with Gasteiger partial charge in [0, 0.05) is 11.8 Å². The molecule has 0 heterocycles. The minimum Gasteiger partial charge on any atom is -0.316 e. The summed E-state index contributed by atoms with van der Waals surface area (Å²) >= 11 is 2.10. The minimum atomic E-state index is 0.761. The van der Waals surface area contributed by atoms with Crippen LogP contribution in [0.4, 0.5) is 0 Å². The first-order valence-corrected chi connectivity index (χ1v) is 6.77. The van der Waals surface area contributed by atoms with E-state index < -0.39 is 0 Å². The van der Waals surface area contributed by atoms with Gasteiger partial charge < -0.3 is 5.32 Å². The molecule has 13 heavy (non-hydrogen) atoms. The van der Waals surface area contributed by atoms with Crippen LogP contribution in [0.1, 0.15) is 39.0 Å². The molecule has 0 aromatic heterocycles. The number of thioether (sulfide) groups is 1. The molecule has 1 unspecified atom stereocenters. The second kappa shape index (κ2) is 6.72. The zero-order chi connectivity index (χ0) is 9.52. The summed E-state index contributed by atoms with van der Waals surface area (Å²) in [5.41, 5.74) is 0. The van der Waals surface area contributed by atoms with Crippen LogP contribution >= 0.6 is 11.8 Å². The molecule has 0 aliphatic heterocycles. The molecule has 0 saturated heterocycles. The van der Waals surface area contributed by atoms with E-state index in [0.29, 0.717) is 0 Å². The van der Waals surface area contributed by atoms with Gasteiger partial charge in [0.1, 0.15) is 0 Å². The lowest BCUT2D eigenvalue weighted by molar-refractivity contribution is 0.526. The van der Waals surface area contributed by atoms with Crippen molar-refractivity contribution in [2.75, 3.05) is 18.6 Å². The zero-order valence-corrected chi connectivity index (χ0v) is 9.83. The van der Waals surface area contributed by atoms with E-state index in [9.17, 15) is 0 Å². The molecule has 0 radical (unpaired) electrons. The minimum absolute atomic E-state index is 0.761. The summed E-state index contributed by atoms with van der Waals surface area (Å²) in [5.74, 6) is 3.71. The number of hydrogen-bond acceptors (Lipinski definition) is 2. The quantitative estimate of drug-likeness (QED) is 0.606. The van der Waals surface area contributed by atoms with Crippen LogP contribution in [-0.2, 0) is 0 Å². The molecule has 1 N–H and O–H groups in total. The first kappa shape index (κ1) is 11.4. The second-order valence-corrected chi connectivity index (χ2v) is 5.23. The van der Waals surface area contributed by atoms with Gasteiger partial charge in [0.15, 0.2) is 0 Å². The van der Waals surface area contributed by atoms with E-state index in [0.717, 1.165) is 12.0 Å². The molecule has 1 nitrogen and oxygen atoms in total. The first-order chi connectivity index (χ1) is 6.36. The Morgan fingerprint density at radius 3 is 2.77 bits per heavy atom. The Bertz CT molecular complexity index is 123. The summed E-state index contributed by atoms with van der Waals surface area (Å²) in [6, 6.07) is 0.761. The van der Waals surface area contributed by atoms with E-state index in [1.54, 1.807) is 0 Å². The third kappa shape index (κ3) is 5.58. The van der Waals surface area contributed by atoms with Gasteiger partial charge in [0.2, 0.25) is 0 Å². The van der Waals surface area contributed by atoms with Crippen molar-refractivity contribution < 1.29 is 0 Å². The molecule has 1 atom stereocenters. The Morgan fingerprint density at radius 1 is 1.46 bits per heavy atom. The molecule has 0 aromatic carbocycles. The van der Waals surface area contributed by atoms with Crippen molar-refractivity contribution in [2.45, 2.75) is 45.1 Å². The van der Waals surface area contributed by atoms with Gasteiger partial charge in [-0.2, -0.15) is 11.8 Å². The molecule has 0 spiro atoms. The average molecular weight is 201 g/mol. The Balaban J connectivity index is 1.95. The van der Waals surface area contributed by atoms with Gasteiger partial charge in [-0.1, -0.05) is 19.8 Å². The van der Waals surface area contributed by atoms with E-state index in [-0.39, 0.29) is 0 Å². The smallest absolute Gasteiger partial charge is 0.0155 e.